The summed E-state index contributed by atoms with van der Waals surface area (Å²) in [5.74, 6) is -1.05. The minimum atomic E-state index is -0.534. The van der Waals surface area contributed by atoms with Crippen LogP contribution in [-0.2, 0) is 0 Å². The first-order chi connectivity index (χ1) is 12.1. The molecule has 1 amide bonds. The van der Waals surface area contributed by atoms with Crippen LogP contribution in [0.2, 0.25) is 0 Å². The molecular weight excluding hydrogens is 335 g/mol. The number of carbonyl (C=O) groups is 1. The van der Waals surface area contributed by atoms with Crippen LogP contribution in [-0.4, -0.2) is 5.91 Å². The monoisotopic (exact) mass is 352 g/mol. The Balaban J connectivity index is 1.70. The number of nitrogens with one attached hydrogen (secondary N) is 2. The molecule has 0 aliphatic rings. The quantitative estimate of drug-likeness (QED) is 0.515. The van der Waals surface area contributed by atoms with E-state index < -0.39 is 11.7 Å². The van der Waals surface area contributed by atoms with Gasteiger partial charge in [0.15, 0.2) is 0 Å². The summed E-state index contributed by atoms with van der Waals surface area (Å²) in [6.45, 7) is 1.99. The van der Waals surface area contributed by atoms with Crippen LogP contribution >= 0.6 is 11.9 Å². The minimum absolute atomic E-state index is 0.00121. The Morgan fingerprint density at radius 2 is 1.72 bits per heavy atom. The molecule has 25 heavy (non-hydrogen) atoms. The Labute approximate surface area is 150 Å². The molecule has 3 nitrogen and oxygen atoms in total. The fraction of sp³-hybridized carbons (Fsp3) is 0.0500. The van der Waals surface area contributed by atoms with Crippen molar-refractivity contribution in [3.05, 3.63) is 89.7 Å². The predicted octanol–water partition coefficient (Wildman–Crippen LogP) is 4.74. The highest BCUT2D eigenvalue weighted by atomic mass is 32.2. The number of halogens is 1. The van der Waals surface area contributed by atoms with Gasteiger partial charge in [-0.15, -0.1) is 0 Å². The standard InChI is InChI=1S/C20H17FN2OS/c1-14-7-5-10-16(13-14)25-23-22-20(24)18-12-6-11-17(19(18)21)15-8-3-2-4-9-15/h2-13,23H,1H3,(H,22,24). The fourth-order valence-electron chi connectivity index (χ4n) is 2.42. The van der Waals surface area contributed by atoms with E-state index in [-0.39, 0.29) is 5.56 Å². The van der Waals surface area contributed by atoms with Gasteiger partial charge in [0.25, 0.3) is 5.91 Å². The predicted molar refractivity (Wildman–Crippen MR) is 99.5 cm³/mol. The van der Waals surface area contributed by atoms with Gasteiger partial charge >= 0.3 is 0 Å². The zero-order valence-electron chi connectivity index (χ0n) is 13.6. The summed E-state index contributed by atoms with van der Waals surface area (Å²) in [5.41, 5.74) is 4.78. The molecule has 3 rings (SSSR count). The SMILES string of the molecule is Cc1cccc(SNNC(=O)c2cccc(-c3ccccc3)c2F)c1. The molecule has 2 N–H and O–H groups in total. The lowest BCUT2D eigenvalue weighted by atomic mass is 10.0. The van der Waals surface area contributed by atoms with Crippen LogP contribution in [0.3, 0.4) is 0 Å². The smallest absolute Gasteiger partial charge is 0.269 e. The van der Waals surface area contributed by atoms with E-state index in [1.807, 2.05) is 61.5 Å². The first-order valence-electron chi connectivity index (χ1n) is 7.78. The van der Waals surface area contributed by atoms with Crippen LogP contribution < -0.4 is 10.3 Å². The van der Waals surface area contributed by atoms with Gasteiger partial charge in [0.05, 0.1) is 5.56 Å². The maximum Gasteiger partial charge on any atom is 0.269 e. The molecule has 0 aliphatic carbocycles. The minimum Gasteiger partial charge on any atom is -0.277 e. The van der Waals surface area contributed by atoms with E-state index in [9.17, 15) is 9.18 Å². The van der Waals surface area contributed by atoms with Crippen LogP contribution in [0.4, 0.5) is 4.39 Å². The van der Waals surface area contributed by atoms with Gasteiger partial charge in [0.1, 0.15) is 5.82 Å². The molecule has 0 unspecified atom stereocenters. The zero-order valence-corrected chi connectivity index (χ0v) is 14.4. The second-order valence-corrected chi connectivity index (χ2v) is 6.39. The number of carbonyl (C=O) groups excluding carboxylic acids is 1. The molecule has 0 bridgehead atoms. The third kappa shape index (κ3) is 4.26. The van der Waals surface area contributed by atoms with Gasteiger partial charge in [-0.3, -0.25) is 10.2 Å². The molecule has 0 saturated carbocycles. The fourth-order valence-corrected chi connectivity index (χ4v) is 3.08. The largest absolute Gasteiger partial charge is 0.277 e. The van der Waals surface area contributed by atoms with Crippen molar-refractivity contribution in [3.8, 4) is 11.1 Å². The van der Waals surface area contributed by atoms with Gasteiger partial charge in [-0.25, -0.2) is 4.39 Å². The molecule has 0 aromatic heterocycles. The molecule has 0 aliphatic heterocycles. The highest BCUT2D eigenvalue weighted by Crippen LogP contribution is 2.24. The van der Waals surface area contributed by atoms with E-state index in [2.05, 4.69) is 10.3 Å². The van der Waals surface area contributed by atoms with Gasteiger partial charge in [0.2, 0.25) is 0 Å². The van der Waals surface area contributed by atoms with Gasteiger partial charge in [-0.1, -0.05) is 54.6 Å². The van der Waals surface area contributed by atoms with Crippen LogP contribution in [0.15, 0.2) is 77.7 Å². The lowest BCUT2D eigenvalue weighted by Crippen LogP contribution is -2.33. The van der Waals surface area contributed by atoms with E-state index in [0.717, 1.165) is 16.0 Å². The first kappa shape index (κ1) is 17.2. The molecule has 0 saturated heterocycles. The second kappa shape index (κ2) is 7.96. The number of rotatable bonds is 5. The van der Waals surface area contributed by atoms with Gasteiger partial charge in [0, 0.05) is 10.5 Å². The van der Waals surface area contributed by atoms with E-state index in [4.69, 9.17) is 0 Å². The average Bonchev–Trinajstić information content (AvgIpc) is 2.62. The maximum atomic E-state index is 14.7. The Morgan fingerprint density at radius 3 is 2.48 bits per heavy atom. The summed E-state index contributed by atoms with van der Waals surface area (Å²) < 4.78 is 14.7. The number of hydrazine groups is 1. The Morgan fingerprint density at radius 1 is 0.960 bits per heavy atom. The molecule has 0 radical (unpaired) electrons. The highest BCUT2D eigenvalue weighted by molar-refractivity contribution is 7.97. The molecule has 0 heterocycles. The van der Waals surface area contributed by atoms with E-state index in [1.54, 1.807) is 12.1 Å². The van der Waals surface area contributed by atoms with Crippen molar-refractivity contribution < 1.29 is 9.18 Å². The third-order valence-corrected chi connectivity index (χ3v) is 4.34. The first-order valence-corrected chi connectivity index (χ1v) is 8.59. The van der Waals surface area contributed by atoms with Crippen molar-refractivity contribution in [3.63, 3.8) is 0 Å². The molecule has 0 fully saturated rings. The normalized spacial score (nSPS) is 10.5. The lowest BCUT2D eigenvalue weighted by molar-refractivity contribution is 0.0943. The van der Waals surface area contributed by atoms with Crippen LogP contribution in [0.25, 0.3) is 11.1 Å². The van der Waals surface area contributed by atoms with Crippen molar-refractivity contribution in [2.24, 2.45) is 0 Å². The second-order valence-electron chi connectivity index (χ2n) is 5.51. The average molecular weight is 352 g/mol. The Kier molecular flexibility index (Phi) is 5.48. The van der Waals surface area contributed by atoms with Crippen LogP contribution in [0, 0.1) is 12.7 Å². The van der Waals surface area contributed by atoms with Gasteiger partial charge in [-0.2, -0.15) is 4.83 Å². The molecule has 3 aromatic rings. The van der Waals surface area contributed by atoms with Crippen molar-refractivity contribution >= 4 is 17.9 Å². The number of amides is 1. The summed E-state index contributed by atoms with van der Waals surface area (Å²) >= 11 is 1.26. The molecule has 3 aromatic carbocycles. The zero-order chi connectivity index (χ0) is 17.6. The van der Waals surface area contributed by atoms with Crippen LogP contribution in [0.1, 0.15) is 15.9 Å². The molecule has 0 atom stereocenters. The van der Waals surface area contributed by atoms with Crippen LogP contribution in [0.5, 0.6) is 0 Å². The molecular formula is C20H17FN2OS. The Hall–Kier alpha value is -2.63. The Bertz CT molecular complexity index is 884. The van der Waals surface area contributed by atoms with Crippen molar-refractivity contribution in [1.29, 1.82) is 0 Å². The summed E-state index contributed by atoms with van der Waals surface area (Å²) in [6, 6.07) is 21.8. The van der Waals surface area contributed by atoms with Gasteiger partial charge < -0.3 is 0 Å². The van der Waals surface area contributed by atoms with E-state index in [0.29, 0.717) is 5.56 Å². The van der Waals surface area contributed by atoms with Crippen molar-refractivity contribution in [1.82, 2.24) is 10.3 Å². The third-order valence-electron chi connectivity index (χ3n) is 3.65. The number of hydrogen-bond acceptors (Lipinski definition) is 3. The molecule has 126 valence electrons. The summed E-state index contributed by atoms with van der Waals surface area (Å²) in [6.07, 6.45) is 0. The molecule has 0 spiro atoms. The summed E-state index contributed by atoms with van der Waals surface area (Å²) in [7, 11) is 0. The van der Waals surface area contributed by atoms with E-state index in [1.165, 1.54) is 18.0 Å². The topological polar surface area (TPSA) is 41.1 Å². The number of benzene rings is 3. The highest BCUT2D eigenvalue weighted by Gasteiger charge is 2.15. The number of aryl methyl sites for hydroxylation is 1. The lowest BCUT2D eigenvalue weighted by Gasteiger charge is -2.10. The summed E-state index contributed by atoms with van der Waals surface area (Å²) in [4.78, 5) is 16.0. The van der Waals surface area contributed by atoms with E-state index >= 15 is 0 Å². The summed E-state index contributed by atoms with van der Waals surface area (Å²) in [5, 5.41) is 0. The maximum absolute atomic E-state index is 14.7. The van der Waals surface area contributed by atoms with Crippen molar-refractivity contribution in [2.75, 3.05) is 0 Å². The number of hydrogen-bond donors (Lipinski definition) is 2. The molecule has 5 heteroatoms. The van der Waals surface area contributed by atoms with Gasteiger partial charge in [-0.05, 0) is 48.2 Å². The van der Waals surface area contributed by atoms with Crippen molar-refractivity contribution in [2.45, 2.75) is 11.8 Å².